The molecule has 2 N–H and O–H groups in total. The minimum Gasteiger partial charge on any atom is -0.392 e. The van der Waals surface area contributed by atoms with E-state index in [-0.39, 0.29) is 17.7 Å². The third-order valence-electron chi connectivity index (χ3n) is 8.46. The summed E-state index contributed by atoms with van der Waals surface area (Å²) in [6, 6.07) is 9.70. The van der Waals surface area contributed by atoms with Crippen LogP contribution in [0.4, 0.5) is 5.69 Å². The van der Waals surface area contributed by atoms with E-state index in [1.165, 1.54) is 11.3 Å². The molecule has 24 heavy (non-hydrogen) atoms. The summed E-state index contributed by atoms with van der Waals surface area (Å²) in [7, 11) is 2.19. The predicted octanol–water partition coefficient (Wildman–Crippen LogP) is 1.55. The third-order valence-corrected chi connectivity index (χ3v) is 8.46. The van der Waals surface area contributed by atoms with Crippen LogP contribution in [-0.4, -0.2) is 52.6 Å². The van der Waals surface area contributed by atoms with Crippen LogP contribution in [-0.2, 0) is 5.41 Å². The second-order valence-electron chi connectivity index (χ2n) is 8.81. The number of anilines is 1. The zero-order chi connectivity index (χ0) is 16.4. The zero-order valence-corrected chi connectivity index (χ0v) is 14.3. The van der Waals surface area contributed by atoms with E-state index in [1.54, 1.807) is 0 Å². The van der Waals surface area contributed by atoms with Crippen molar-refractivity contribution in [3.63, 3.8) is 0 Å². The largest absolute Gasteiger partial charge is 0.392 e. The summed E-state index contributed by atoms with van der Waals surface area (Å²) in [4.78, 5) is 4.83. The Bertz CT molecular complexity index is 723. The Balaban J connectivity index is 1.60. The zero-order valence-electron chi connectivity index (χ0n) is 14.3. The second-order valence-corrected chi connectivity index (χ2v) is 8.81. The second kappa shape index (κ2) is 4.17. The lowest BCUT2D eigenvalue weighted by molar-refractivity contribution is -0.211. The van der Waals surface area contributed by atoms with E-state index < -0.39 is 0 Å². The maximum absolute atomic E-state index is 11.6. The minimum atomic E-state index is -0.319. The third kappa shape index (κ3) is 1.20. The summed E-state index contributed by atoms with van der Waals surface area (Å²) < 4.78 is 0. The van der Waals surface area contributed by atoms with Crippen LogP contribution >= 0.6 is 0 Å². The molecule has 10 atom stereocenters. The van der Waals surface area contributed by atoms with Crippen molar-refractivity contribution >= 4 is 5.69 Å². The number of piperidine rings is 4. The van der Waals surface area contributed by atoms with Crippen LogP contribution in [0, 0.1) is 17.8 Å². The molecule has 1 saturated carbocycles. The van der Waals surface area contributed by atoms with Gasteiger partial charge in [-0.2, -0.15) is 0 Å². The van der Waals surface area contributed by atoms with E-state index in [4.69, 9.17) is 0 Å². The molecule has 0 aromatic heterocycles. The fourth-order valence-corrected chi connectivity index (χ4v) is 7.88. The standard InChI is InChI=1S/C20H26N2O2/c1-3-10-11-8-14-17-20(12-6-4-5-7-13(12)21(17)2)9-15(16(11)18(20)23)22(14)19(10)24/h4-7,10-11,14-19,23-24H,3,8-9H2,1-2H3/t10-,11+,14-,15-,16-,17-,18+,19+,20-/m0/s1. The fourth-order valence-electron chi connectivity index (χ4n) is 7.88. The first kappa shape index (κ1) is 14.1. The topological polar surface area (TPSA) is 46.9 Å². The first-order chi connectivity index (χ1) is 11.6. The molecular weight excluding hydrogens is 300 g/mol. The number of aliphatic hydroxyl groups is 2. The molecule has 5 aliphatic heterocycles. The van der Waals surface area contributed by atoms with Crippen molar-refractivity contribution in [1.82, 2.24) is 4.90 Å². The number of nitrogens with zero attached hydrogens (tertiary/aromatic N) is 2. The molecule has 7 rings (SSSR count). The van der Waals surface area contributed by atoms with Crippen LogP contribution in [0.25, 0.3) is 0 Å². The first-order valence-electron chi connectivity index (χ1n) is 9.57. The Morgan fingerprint density at radius 3 is 2.79 bits per heavy atom. The molecule has 1 aliphatic carbocycles. The molecule has 1 unspecified atom stereocenters. The number of benzene rings is 1. The number of fused-ring (bicyclic) bond motifs is 2. The highest BCUT2D eigenvalue weighted by atomic mass is 16.3. The highest BCUT2D eigenvalue weighted by Gasteiger charge is 2.76. The van der Waals surface area contributed by atoms with Gasteiger partial charge in [-0.3, -0.25) is 4.90 Å². The van der Waals surface area contributed by atoms with E-state index in [2.05, 4.69) is 48.0 Å². The number of para-hydroxylation sites is 1. The van der Waals surface area contributed by atoms with Gasteiger partial charge in [-0.05, 0) is 36.8 Å². The van der Waals surface area contributed by atoms with Crippen molar-refractivity contribution in [2.24, 2.45) is 17.8 Å². The number of rotatable bonds is 1. The summed E-state index contributed by atoms with van der Waals surface area (Å²) in [6.45, 7) is 2.19. The molecule has 0 radical (unpaired) electrons. The smallest absolute Gasteiger partial charge is 0.111 e. The molecule has 1 spiro atoms. The molecule has 4 nitrogen and oxygen atoms in total. The van der Waals surface area contributed by atoms with Crippen molar-refractivity contribution in [1.29, 1.82) is 0 Å². The molecule has 5 fully saturated rings. The molecular formula is C20H26N2O2. The lowest BCUT2D eigenvalue weighted by Gasteiger charge is -2.62. The molecule has 1 aromatic rings. The summed E-state index contributed by atoms with van der Waals surface area (Å²) in [5.74, 6) is 1.14. The summed E-state index contributed by atoms with van der Waals surface area (Å²) in [5.41, 5.74) is 2.51. The maximum Gasteiger partial charge on any atom is 0.111 e. The van der Waals surface area contributed by atoms with Crippen LogP contribution in [0.15, 0.2) is 24.3 Å². The van der Waals surface area contributed by atoms with Gasteiger partial charge in [0, 0.05) is 42.1 Å². The molecule has 0 amide bonds. The SMILES string of the molecule is CC[C@H]1[C@H]2C[C@H]3[C@@H]4N(C)c5ccccc5[C@@]45C[C@@H]([C@H]2[C@H]5O)N3[C@@H]1O. The summed E-state index contributed by atoms with van der Waals surface area (Å²) in [5, 5.41) is 22.6. The Kier molecular flexibility index (Phi) is 2.45. The molecule has 1 aromatic carbocycles. The van der Waals surface area contributed by atoms with Crippen LogP contribution in [0.3, 0.4) is 0 Å². The number of hydrogen-bond donors (Lipinski definition) is 2. The lowest BCUT2D eigenvalue weighted by atomic mass is 9.62. The van der Waals surface area contributed by atoms with Gasteiger partial charge in [-0.25, -0.2) is 0 Å². The number of likely N-dealkylation sites (N-methyl/N-ethyl adjacent to an activating group) is 1. The number of hydrogen-bond acceptors (Lipinski definition) is 4. The van der Waals surface area contributed by atoms with E-state index in [9.17, 15) is 10.2 Å². The maximum atomic E-state index is 11.6. The van der Waals surface area contributed by atoms with Crippen LogP contribution in [0.5, 0.6) is 0 Å². The van der Waals surface area contributed by atoms with Crippen molar-refractivity contribution in [3.05, 3.63) is 29.8 Å². The highest BCUT2D eigenvalue weighted by molar-refractivity contribution is 5.67. The van der Waals surface area contributed by atoms with Gasteiger partial charge < -0.3 is 15.1 Å². The molecule has 128 valence electrons. The van der Waals surface area contributed by atoms with Gasteiger partial charge in [-0.15, -0.1) is 0 Å². The quantitative estimate of drug-likeness (QED) is 0.822. The molecule has 4 saturated heterocycles. The van der Waals surface area contributed by atoms with Crippen molar-refractivity contribution in [2.45, 2.75) is 62.1 Å². The lowest BCUT2D eigenvalue weighted by Crippen LogP contribution is -2.72. The Labute approximate surface area is 143 Å². The molecule has 5 bridgehead atoms. The highest BCUT2D eigenvalue weighted by Crippen LogP contribution is 2.68. The van der Waals surface area contributed by atoms with E-state index in [0.29, 0.717) is 35.9 Å². The average Bonchev–Trinajstić information content (AvgIpc) is 2.97. The fraction of sp³-hybridized carbons (Fsp3) is 0.700. The van der Waals surface area contributed by atoms with Gasteiger partial charge in [0.2, 0.25) is 0 Å². The number of aliphatic hydroxyl groups excluding tert-OH is 2. The van der Waals surface area contributed by atoms with Crippen LogP contribution in [0.2, 0.25) is 0 Å². The van der Waals surface area contributed by atoms with Gasteiger partial charge >= 0.3 is 0 Å². The van der Waals surface area contributed by atoms with Crippen molar-refractivity contribution in [3.8, 4) is 0 Å². The van der Waals surface area contributed by atoms with Crippen LogP contribution < -0.4 is 4.90 Å². The van der Waals surface area contributed by atoms with Crippen molar-refractivity contribution < 1.29 is 10.2 Å². The van der Waals surface area contributed by atoms with Crippen molar-refractivity contribution in [2.75, 3.05) is 11.9 Å². The Morgan fingerprint density at radius 2 is 2.00 bits per heavy atom. The average molecular weight is 326 g/mol. The van der Waals surface area contributed by atoms with E-state index >= 15 is 0 Å². The Hall–Kier alpha value is -1.10. The minimum absolute atomic E-state index is 0.126. The van der Waals surface area contributed by atoms with E-state index in [0.717, 1.165) is 19.3 Å². The summed E-state index contributed by atoms with van der Waals surface area (Å²) >= 11 is 0. The normalized spacial score (nSPS) is 55.8. The van der Waals surface area contributed by atoms with Gasteiger partial charge in [0.15, 0.2) is 0 Å². The molecule has 4 heteroatoms. The first-order valence-corrected chi connectivity index (χ1v) is 9.57. The van der Waals surface area contributed by atoms with Gasteiger partial charge in [-0.1, -0.05) is 25.1 Å². The molecule has 5 heterocycles. The van der Waals surface area contributed by atoms with Gasteiger partial charge in [0.25, 0.3) is 0 Å². The van der Waals surface area contributed by atoms with Gasteiger partial charge in [0.05, 0.1) is 12.1 Å². The van der Waals surface area contributed by atoms with Crippen LogP contribution in [0.1, 0.15) is 31.7 Å². The Morgan fingerprint density at radius 1 is 1.21 bits per heavy atom. The van der Waals surface area contributed by atoms with Gasteiger partial charge in [0.1, 0.15) is 6.23 Å². The van der Waals surface area contributed by atoms with E-state index in [1.807, 2.05) is 0 Å². The summed E-state index contributed by atoms with van der Waals surface area (Å²) in [6.07, 6.45) is 2.56. The monoisotopic (exact) mass is 326 g/mol. The predicted molar refractivity (Wildman–Crippen MR) is 91.7 cm³/mol. The molecule has 6 aliphatic rings.